The van der Waals surface area contributed by atoms with Crippen molar-refractivity contribution in [1.82, 2.24) is 9.55 Å². The van der Waals surface area contributed by atoms with Crippen molar-refractivity contribution >= 4 is 17.0 Å². The minimum atomic E-state index is 0.667. The first kappa shape index (κ1) is 15.5. The summed E-state index contributed by atoms with van der Waals surface area (Å²) in [7, 11) is 0. The number of allylic oxidation sites excluding steroid dienone is 3. The molecule has 0 atom stereocenters. The zero-order chi connectivity index (χ0) is 18.4. The first-order valence-electron chi connectivity index (χ1n) is 8.83. The Morgan fingerprint density at radius 3 is 2.67 bits per heavy atom. The van der Waals surface area contributed by atoms with E-state index in [9.17, 15) is 0 Å². The van der Waals surface area contributed by atoms with Crippen LogP contribution in [-0.2, 0) is 6.54 Å². The smallest absolute Gasteiger partial charge is 0.211 e. The van der Waals surface area contributed by atoms with Gasteiger partial charge in [-0.15, -0.1) is 0 Å². The van der Waals surface area contributed by atoms with E-state index in [-0.39, 0.29) is 0 Å². The third-order valence-electron chi connectivity index (χ3n) is 5.06. The van der Waals surface area contributed by atoms with Crippen LogP contribution >= 0.6 is 0 Å². The highest BCUT2D eigenvalue weighted by Gasteiger charge is 2.26. The van der Waals surface area contributed by atoms with E-state index in [0.29, 0.717) is 12.1 Å². The maximum absolute atomic E-state index is 9.02. The van der Waals surface area contributed by atoms with Crippen molar-refractivity contribution in [3.8, 4) is 6.07 Å². The van der Waals surface area contributed by atoms with Gasteiger partial charge in [-0.2, -0.15) is 5.26 Å². The topological polar surface area (TPSA) is 70.9 Å². The van der Waals surface area contributed by atoms with Gasteiger partial charge in [0.1, 0.15) is 0 Å². The molecule has 27 heavy (non-hydrogen) atoms. The van der Waals surface area contributed by atoms with Gasteiger partial charge in [0.2, 0.25) is 5.95 Å². The average Bonchev–Trinajstić information content (AvgIpc) is 3.37. The Bertz CT molecular complexity index is 1190. The normalized spacial score (nSPS) is 15.4. The molecule has 1 aliphatic heterocycles. The van der Waals surface area contributed by atoms with Crippen LogP contribution in [0.3, 0.4) is 0 Å². The number of anilines is 1. The van der Waals surface area contributed by atoms with Gasteiger partial charge in [-0.25, -0.2) is 4.98 Å². The molecule has 2 heterocycles. The van der Waals surface area contributed by atoms with E-state index in [1.807, 2.05) is 48.5 Å². The number of hydrogen-bond donors (Lipinski definition) is 1. The fourth-order valence-corrected chi connectivity index (χ4v) is 3.67. The molecular formula is C22H17N5. The average molecular weight is 351 g/mol. The molecule has 0 amide bonds. The van der Waals surface area contributed by atoms with E-state index < -0.39 is 0 Å². The second kappa shape index (κ2) is 5.89. The molecule has 0 saturated carbocycles. The number of hydrogen-bond acceptors (Lipinski definition) is 4. The van der Waals surface area contributed by atoms with Crippen LogP contribution in [0.1, 0.15) is 11.1 Å². The van der Waals surface area contributed by atoms with Gasteiger partial charge in [0, 0.05) is 17.5 Å². The largest absolute Gasteiger partial charge is 0.398 e. The van der Waals surface area contributed by atoms with Crippen LogP contribution < -0.4 is 10.6 Å². The zero-order valence-electron chi connectivity index (χ0n) is 14.6. The minimum Gasteiger partial charge on any atom is -0.398 e. The highest BCUT2D eigenvalue weighted by molar-refractivity contribution is 5.80. The number of nitrogens with two attached hydrogens (primary N) is 1. The van der Waals surface area contributed by atoms with Crippen LogP contribution in [0.5, 0.6) is 0 Å². The van der Waals surface area contributed by atoms with Crippen LogP contribution in [0.25, 0.3) is 11.0 Å². The molecule has 1 aromatic heterocycles. The molecule has 5 heteroatoms. The maximum atomic E-state index is 9.02. The Kier molecular flexibility index (Phi) is 3.37. The molecule has 0 radical (unpaired) electrons. The highest BCUT2D eigenvalue weighted by atomic mass is 15.3. The van der Waals surface area contributed by atoms with Gasteiger partial charge >= 0.3 is 0 Å². The number of imidazole rings is 1. The molecule has 3 aromatic rings. The lowest BCUT2D eigenvalue weighted by Crippen LogP contribution is -2.19. The van der Waals surface area contributed by atoms with Crippen molar-refractivity contribution in [3.05, 3.63) is 94.9 Å². The van der Waals surface area contributed by atoms with Gasteiger partial charge in [-0.1, -0.05) is 30.3 Å². The van der Waals surface area contributed by atoms with Gasteiger partial charge in [-0.05, 0) is 41.5 Å². The fourth-order valence-electron chi connectivity index (χ4n) is 3.67. The van der Waals surface area contributed by atoms with E-state index in [4.69, 9.17) is 16.0 Å². The van der Waals surface area contributed by atoms with E-state index in [1.54, 1.807) is 0 Å². The van der Waals surface area contributed by atoms with Gasteiger partial charge in [0.05, 0.1) is 35.8 Å². The van der Waals surface area contributed by atoms with Crippen molar-refractivity contribution in [2.75, 3.05) is 11.4 Å². The monoisotopic (exact) mass is 351 g/mol. The number of aromatic nitrogens is 2. The Hall–Kier alpha value is -3.78. The second-order valence-corrected chi connectivity index (χ2v) is 6.78. The summed E-state index contributed by atoms with van der Waals surface area (Å²) < 4.78 is 2.22. The molecule has 1 aliphatic carbocycles. The summed E-state index contributed by atoms with van der Waals surface area (Å²) in [5.74, 6) is 0.899. The van der Waals surface area contributed by atoms with Gasteiger partial charge in [0.15, 0.2) is 0 Å². The van der Waals surface area contributed by atoms with E-state index >= 15 is 0 Å². The Labute approximate surface area is 157 Å². The maximum Gasteiger partial charge on any atom is 0.211 e. The number of nitriles is 1. The van der Waals surface area contributed by atoms with Crippen LogP contribution in [0.4, 0.5) is 5.95 Å². The number of benzene rings is 2. The number of fused-ring (bicyclic) bond motifs is 2. The molecule has 2 aliphatic rings. The second-order valence-electron chi connectivity index (χ2n) is 6.78. The third-order valence-corrected chi connectivity index (χ3v) is 5.06. The van der Waals surface area contributed by atoms with Crippen molar-refractivity contribution in [2.45, 2.75) is 6.54 Å². The molecule has 2 N–H and O–H groups in total. The zero-order valence-corrected chi connectivity index (χ0v) is 14.6. The van der Waals surface area contributed by atoms with E-state index in [2.05, 4.69) is 33.9 Å². The summed E-state index contributed by atoms with van der Waals surface area (Å²) in [6.45, 7) is 1.45. The van der Waals surface area contributed by atoms with E-state index in [1.165, 1.54) is 5.57 Å². The van der Waals surface area contributed by atoms with Crippen molar-refractivity contribution < 1.29 is 0 Å². The summed E-state index contributed by atoms with van der Waals surface area (Å²) in [5.41, 5.74) is 13.1. The predicted octanol–water partition coefficient (Wildman–Crippen LogP) is 3.44. The lowest BCUT2D eigenvalue weighted by Gasteiger charge is -2.17. The van der Waals surface area contributed by atoms with E-state index in [0.717, 1.165) is 40.4 Å². The molecule has 0 fully saturated rings. The lowest BCUT2D eigenvalue weighted by molar-refractivity contribution is 0.802. The molecule has 130 valence electrons. The Balaban J connectivity index is 1.59. The van der Waals surface area contributed by atoms with Gasteiger partial charge in [0.25, 0.3) is 0 Å². The molecular weight excluding hydrogens is 334 g/mol. The lowest BCUT2D eigenvalue weighted by atomic mass is 10.1. The summed E-state index contributed by atoms with van der Waals surface area (Å²) in [6, 6.07) is 18.0. The summed E-state index contributed by atoms with van der Waals surface area (Å²) in [5, 5.41) is 9.02. The van der Waals surface area contributed by atoms with Crippen molar-refractivity contribution in [1.29, 1.82) is 5.26 Å². The quantitative estimate of drug-likeness (QED) is 0.785. The van der Waals surface area contributed by atoms with Crippen LogP contribution in [0.15, 0.2) is 83.7 Å². The minimum absolute atomic E-state index is 0.667. The molecule has 5 rings (SSSR count). The van der Waals surface area contributed by atoms with Crippen molar-refractivity contribution in [3.63, 3.8) is 0 Å². The predicted molar refractivity (Wildman–Crippen MR) is 106 cm³/mol. The van der Waals surface area contributed by atoms with Crippen LogP contribution in [0, 0.1) is 11.3 Å². The summed E-state index contributed by atoms with van der Waals surface area (Å²) in [6.07, 6.45) is 6.12. The molecule has 2 aromatic carbocycles. The van der Waals surface area contributed by atoms with Gasteiger partial charge < -0.3 is 15.2 Å². The Morgan fingerprint density at radius 1 is 1.07 bits per heavy atom. The molecule has 5 nitrogen and oxygen atoms in total. The molecule has 0 spiro atoms. The van der Waals surface area contributed by atoms with Crippen LogP contribution in [-0.4, -0.2) is 16.1 Å². The van der Waals surface area contributed by atoms with Crippen LogP contribution in [0.2, 0.25) is 0 Å². The Morgan fingerprint density at radius 2 is 1.89 bits per heavy atom. The third kappa shape index (κ3) is 2.51. The number of nitrogens with zero attached hydrogens (tertiary/aromatic N) is 4. The first-order chi connectivity index (χ1) is 13.2. The molecule has 0 bridgehead atoms. The number of para-hydroxylation sites is 2. The van der Waals surface area contributed by atoms with Crippen molar-refractivity contribution in [2.24, 2.45) is 5.73 Å². The fraction of sp³-hybridized carbons (Fsp3) is 0.0909. The highest BCUT2D eigenvalue weighted by Crippen LogP contribution is 2.34. The molecule has 0 saturated heterocycles. The molecule has 0 unspecified atom stereocenters. The SMILES string of the molecule is N#Cc1ccc(Cn2c(N3C=C4C(N)=CC=C4C3)nc3ccccc32)cc1. The number of rotatable bonds is 3. The van der Waals surface area contributed by atoms with Gasteiger partial charge in [-0.3, -0.25) is 0 Å². The first-order valence-corrected chi connectivity index (χ1v) is 8.83. The summed E-state index contributed by atoms with van der Waals surface area (Å²) in [4.78, 5) is 7.04. The summed E-state index contributed by atoms with van der Waals surface area (Å²) >= 11 is 0. The standard InChI is InChI=1S/C22H17N5/c23-11-15-5-7-16(8-6-15)12-27-21-4-2-1-3-20(21)25-22(27)26-13-17-9-10-19(24)18(17)14-26/h1-10,14H,12-13,24H2.